The molecular formula is C23H25N3O5. The van der Waals surface area contributed by atoms with Gasteiger partial charge in [0, 0.05) is 5.56 Å². The molecule has 0 saturated carbocycles. The fourth-order valence-corrected chi connectivity index (χ4v) is 3.48. The summed E-state index contributed by atoms with van der Waals surface area (Å²) in [6.45, 7) is 2.62. The largest absolute Gasteiger partial charge is 0.497 e. The summed E-state index contributed by atoms with van der Waals surface area (Å²) in [4.78, 5) is 50.4. The van der Waals surface area contributed by atoms with E-state index in [9.17, 15) is 19.2 Å². The summed E-state index contributed by atoms with van der Waals surface area (Å²) in [5.74, 6) is -0.474. The number of para-hydroxylation sites is 1. The zero-order chi connectivity index (χ0) is 22.6. The average molecular weight is 423 g/mol. The van der Waals surface area contributed by atoms with Gasteiger partial charge in [0.05, 0.1) is 12.8 Å². The highest BCUT2D eigenvalue weighted by atomic mass is 16.5. The summed E-state index contributed by atoms with van der Waals surface area (Å²) in [7, 11) is 1.59. The quantitative estimate of drug-likeness (QED) is 0.502. The normalized spacial score (nSPS) is 18.0. The van der Waals surface area contributed by atoms with E-state index < -0.39 is 29.9 Å². The summed E-state index contributed by atoms with van der Waals surface area (Å²) in [6, 6.07) is 13.4. The number of hydrogen-bond acceptors (Lipinski definition) is 5. The second-order valence-corrected chi connectivity index (χ2v) is 7.65. The molecule has 2 N–H and O–H groups in total. The van der Waals surface area contributed by atoms with E-state index in [1.165, 1.54) is 6.92 Å². The molecule has 0 radical (unpaired) electrons. The number of rotatable bonds is 8. The van der Waals surface area contributed by atoms with Crippen LogP contribution in [0.4, 0.5) is 10.5 Å². The Labute approximate surface area is 180 Å². The molecule has 0 spiro atoms. The number of amides is 4. The number of ether oxygens (including phenoxy) is 1. The highest BCUT2D eigenvalue weighted by Crippen LogP contribution is 2.24. The first kappa shape index (κ1) is 22.0. The number of ketones is 1. The fourth-order valence-electron chi connectivity index (χ4n) is 3.48. The predicted octanol–water partition coefficient (Wildman–Crippen LogP) is 2.78. The molecule has 2 aromatic carbocycles. The Morgan fingerprint density at radius 2 is 1.77 bits per heavy atom. The number of nitrogens with one attached hydrogen (secondary N) is 2. The second kappa shape index (κ2) is 8.99. The van der Waals surface area contributed by atoms with E-state index in [2.05, 4.69) is 10.6 Å². The van der Waals surface area contributed by atoms with Crippen molar-refractivity contribution in [2.45, 2.75) is 32.2 Å². The van der Waals surface area contributed by atoms with Crippen LogP contribution in [0.5, 0.6) is 5.75 Å². The number of imide groups is 1. The predicted molar refractivity (Wildman–Crippen MR) is 115 cm³/mol. The molecule has 1 aliphatic heterocycles. The maximum absolute atomic E-state index is 12.9. The zero-order valence-electron chi connectivity index (χ0n) is 17.7. The molecule has 3 rings (SSSR count). The molecule has 1 fully saturated rings. The van der Waals surface area contributed by atoms with Crippen molar-refractivity contribution in [2.75, 3.05) is 19.0 Å². The second-order valence-electron chi connectivity index (χ2n) is 7.65. The van der Waals surface area contributed by atoms with Crippen LogP contribution < -0.4 is 15.4 Å². The monoisotopic (exact) mass is 423 g/mol. The topological polar surface area (TPSA) is 105 Å². The van der Waals surface area contributed by atoms with Crippen molar-refractivity contribution in [3.05, 3.63) is 59.7 Å². The Bertz CT molecular complexity index is 1020. The van der Waals surface area contributed by atoms with Crippen molar-refractivity contribution >= 4 is 29.3 Å². The number of anilines is 1. The SMILES string of the molecule is COc1ccc(CC[C@@]2(C)NC(=O)N(CC(=O)Nc3ccccc3C(C)=O)C2=O)cc1. The van der Waals surface area contributed by atoms with Crippen molar-refractivity contribution in [2.24, 2.45) is 0 Å². The lowest BCUT2D eigenvalue weighted by Crippen LogP contribution is -2.45. The minimum Gasteiger partial charge on any atom is -0.497 e. The van der Waals surface area contributed by atoms with Gasteiger partial charge in [-0.15, -0.1) is 0 Å². The molecule has 162 valence electrons. The maximum Gasteiger partial charge on any atom is 0.325 e. The first-order chi connectivity index (χ1) is 14.7. The number of Topliss-reactive ketones (excluding diaryl/α,β-unsaturated/α-hetero) is 1. The summed E-state index contributed by atoms with van der Waals surface area (Å²) < 4.78 is 5.14. The van der Waals surface area contributed by atoms with E-state index in [4.69, 9.17) is 4.74 Å². The van der Waals surface area contributed by atoms with Crippen molar-refractivity contribution in [1.82, 2.24) is 10.2 Å². The highest BCUT2D eigenvalue weighted by Gasteiger charge is 2.47. The Morgan fingerprint density at radius 3 is 2.42 bits per heavy atom. The molecule has 8 heteroatoms. The molecule has 31 heavy (non-hydrogen) atoms. The van der Waals surface area contributed by atoms with E-state index in [1.807, 2.05) is 24.3 Å². The Balaban J connectivity index is 1.64. The summed E-state index contributed by atoms with van der Waals surface area (Å²) in [6.07, 6.45) is 0.952. The number of aryl methyl sites for hydroxylation is 1. The van der Waals surface area contributed by atoms with Gasteiger partial charge in [0.1, 0.15) is 17.8 Å². The minimum absolute atomic E-state index is 0.197. The maximum atomic E-state index is 12.9. The van der Waals surface area contributed by atoms with Crippen LogP contribution in [0.15, 0.2) is 48.5 Å². The number of nitrogens with zero attached hydrogens (tertiary/aromatic N) is 1. The Hall–Kier alpha value is -3.68. The van der Waals surface area contributed by atoms with Crippen molar-refractivity contribution in [3.63, 3.8) is 0 Å². The lowest BCUT2D eigenvalue weighted by Gasteiger charge is -2.21. The molecular weight excluding hydrogens is 398 g/mol. The third-order valence-electron chi connectivity index (χ3n) is 5.30. The van der Waals surface area contributed by atoms with Gasteiger partial charge in [0.25, 0.3) is 5.91 Å². The molecule has 2 aromatic rings. The van der Waals surface area contributed by atoms with Crippen molar-refractivity contribution in [3.8, 4) is 5.75 Å². The molecule has 4 amide bonds. The first-order valence-corrected chi connectivity index (χ1v) is 9.90. The van der Waals surface area contributed by atoms with Gasteiger partial charge in [-0.05, 0) is 56.5 Å². The van der Waals surface area contributed by atoms with Gasteiger partial charge in [0.15, 0.2) is 5.78 Å². The number of benzene rings is 2. The number of carbonyl (C=O) groups is 4. The van der Waals surface area contributed by atoms with Gasteiger partial charge in [-0.3, -0.25) is 19.3 Å². The minimum atomic E-state index is -1.10. The lowest BCUT2D eigenvalue weighted by atomic mass is 9.93. The van der Waals surface area contributed by atoms with E-state index in [-0.39, 0.29) is 5.78 Å². The Kier molecular flexibility index (Phi) is 6.39. The van der Waals surface area contributed by atoms with Crippen LogP contribution in [-0.4, -0.2) is 47.7 Å². The van der Waals surface area contributed by atoms with Crippen LogP contribution in [0.2, 0.25) is 0 Å². The third-order valence-corrected chi connectivity index (χ3v) is 5.30. The van der Waals surface area contributed by atoms with Gasteiger partial charge in [-0.2, -0.15) is 0 Å². The van der Waals surface area contributed by atoms with E-state index in [1.54, 1.807) is 38.3 Å². The molecule has 0 bridgehead atoms. The number of methoxy groups -OCH3 is 1. The average Bonchev–Trinajstić information content (AvgIpc) is 2.96. The summed E-state index contributed by atoms with van der Waals surface area (Å²) in [5.41, 5.74) is 0.599. The van der Waals surface area contributed by atoms with Crippen LogP contribution in [0, 0.1) is 0 Å². The van der Waals surface area contributed by atoms with Gasteiger partial charge < -0.3 is 15.4 Å². The first-order valence-electron chi connectivity index (χ1n) is 9.90. The van der Waals surface area contributed by atoms with Crippen molar-refractivity contribution in [1.29, 1.82) is 0 Å². The van der Waals surface area contributed by atoms with Crippen LogP contribution >= 0.6 is 0 Å². The van der Waals surface area contributed by atoms with Gasteiger partial charge >= 0.3 is 6.03 Å². The number of urea groups is 1. The standard InChI is InChI=1S/C23H25N3O5/c1-15(27)18-6-4-5-7-19(18)24-20(28)14-26-21(29)23(2,25-22(26)30)13-12-16-8-10-17(31-3)11-9-16/h4-11H,12-14H2,1-3H3,(H,24,28)(H,25,30)/t23-/m1/s1. The van der Waals surface area contributed by atoms with Crippen LogP contribution in [0.1, 0.15) is 36.2 Å². The molecule has 0 unspecified atom stereocenters. The molecule has 1 aliphatic rings. The Morgan fingerprint density at radius 1 is 1.10 bits per heavy atom. The molecule has 1 atom stereocenters. The van der Waals surface area contributed by atoms with Gasteiger partial charge in [0.2, 0.25) is 5.91 Å². The molecule has 8 nitrogen and oxygen atoms in total. The highest BCUT2D eigenvalue weighted by molar-refractivity contribution is 6.10. The van der Waals surface area contributed by atoms with E-state index in [0.29, 0.717) is 24.1 Å². The van der Waals surface area contributed by atoms with Gasteiger partial charge in [-0.1, -0.05) is 24.3 Å². The molecule has 0 aromatic heterocycles. The summed E-state index contributed by atoms with van der Waals surface area (Å²) in [5, 5.41) is 5.31. The summed E-state index contributed by atoms with van der Waals surface area (Å²) >= 11 is 0. The number of carbonyl (C=O) groups excluding carboxylic acids is 4. The van der Waals surface area contributed by atoms with Crippen LogP contribution in [0.3, 0.4) is 0 Å². The lowest BCUT2D eigenvalue weighted by molar-refractivity contribution is -0.133. The molecule has 0 aliphatic carbocycles. The molecule has 1 heterocycles. The van der Waals surface area contributed by atoms with Crippen LogP contribution in [-0.2, 0) is 16.0 Å². The van der Waals surface area contributed by atoms with Crippen LogP contribution in [0.25, 0.3) is 0 Å². The zero-order valence-corrected chi connectivity index (χ0v) is 17.7. The van der Waals surface area contributed by atoms with Crippen molar-refractivity contribution < 1.29 is 23.9 Å². The smallest absolute Gasteiger partial charge is 0.325 e. The van der Waals surface area contributed by atoms with E-state index in [0.717, 1.165) is 16.2 Å². The fraction of sp³-hybridized carbons (Fsp3) is 0.304. The van der Waals surface area contributed by atoms with Gasteiger partial charge in [-0.25, -0.2) is 4.79 Å². The molecule has 1 saturated heterocycles. The number of hydrogen-bond donors (Lipinski definition) is 2. The third kappa shape index (κ3) is 4.91. The van der Waals surface area contributed by atoms with E-state index >= 15 is 0 Å².